The standard InChI is InChI=1S/C13H18F2N2O3S/c1-8(2)4-5-17(3)13(18)9-6-10(14)11(15)7-12(9)21(16,19)20/h6-8H,4-5H2,1-3H3,(H2,16,19,20). The number of nitrogens with zero attached hydrogens (tertiary/aromatic N) is 1. The first kappa shape index (κ1) is 17.5. The summed E-state index contributed by atoms with van der Waals surface area (Å²) in [6, 6.07) is 0.984. The van der Waals surface area contributed by atoms with Gasteiger partial charge in [0.25, 0.3) is 5.91 Å². The highest BCUT2D eigenvalue weighted by atomic mass is 32.2. The van der Waals surface area contributed by atoms with Crippen molar-refractivity contribution >= 4 is 15.9 Å². The van der Waals surface area contributed by atoms with Gasteiger partial charge in [-0.2, -0.15) is 0 Å². The van der Waals surface area contributed by atoms with E-state index in [9.17, 15) is 22.0 Å². The van der Waals surface area contributed by atoms with E-state index >= 15 is 0 Å². The Morgan fingerprint density at radius 1 is 1.29 bits per heavy atom. The molecule has 1 aromatic carbocycles. The molecule has 0 aliphatic heterocycles. The molecule has 0 atom stereocenters. The summed E-state index contributed by atoms with van der Waals surface area (Å²) in [6.07, 6.45) is 0.691. The average molecular weight is 320 g/mol. The maximum Gasteiger partial charge on any atom is 0.255 e. The third-order valence-corrected chi connectivity index (χ3v) is 3.90. The lowest BCUT2D eigenvalue weighted by Crippen LogP contribution is -2.30. The van der Waals surface area contributed by atoms with Crippen molar-refractivity contribution in [1.82, 2.24) is 4.90 Å². The number of nitrogens with two attached hydrogens (primary N) is 1. The van der Waals surface area contributed by atoms with Gasteiger partial charge in [0, 0.05) is 13.6 Å². The number of carbonyl (C=O) groups excluding carboxylic acids is 1. The van der Waals surface area contributed by atoms with Crippen LogP contribution in [0.25, 0.3) is 0 Å². The van der Waals surface area contributed by atoms with Crippen LogP contribution in [0.1, 0.15) is 30.6 Å². The Labute approximate surface area is 122 Å². The normalized spacial score (nSPS) is 11.8. The van der Waals surface area contributed by atoms with Crippen LogP contribution in [0.4, 0.5) is 8.78 Å². The second-order valence-corrected chi connectivity index (χ2v) is 6.75. The fourth-order valence-corrected chi connectivity index (χ4v) is 2.41. The van der Waals surface area contributed by atoms with Gasteiger partial charge in [-0.15, -0.1) is 0 Å². The topological polar surface area (TPSA) is 80.5 Å². The molecule has 0 aromatic heterocycles. The maximum absolute atomic E-state index is 13.3. The average Bonchev–Trinajstić information content (AvgIpc) is 2.36. The Bertz CT molecular complexity index is 645. The highest BCUT2D eigenvalue weighted by Crippen LogP contribution is 2.20. The van der Waals surface area contributed by atoms with E-state index in [1.165, 1.54) is 11.9 Å². The summed E-state index contributed by atoms with van der Waals surface area (Å²) in [4.78, 5) is 12.7. The molecule has 1 rings (SSSR count). The van der Waals surface area contributed by atoms with Crippen LogP contribution >= 0.6 is 0 Å². The van der Waals surface area contributed by atoms with E-state index in [0.29, 0.717) is 31.0 Å². The van der Waals surface area contributed by atoms with E-state index in [1.807, 2.05) is 13.8 Å². The molecule has 8 heteroatoms. The van der Waals surface area contributed by atoms with E-state index in [4.69, 9.17) is 5.14 Å². The quantitative estimate of drug-likeness (QED) is 0.897. The fourth-order valence-electron chi connectivity index (χ4n) is 1.69. The van der Waals surface area contributed by atoms with Gasteiger partial charge in [0.05, 0.1) is 10.5 Å². The summed E-state index contributed by atoms with van der Waals surface area (Å²) in [7, 11) is -2.88. The summed E-state index contributed by atoms with van der Waals surface area (Å²) in [5, 5.41) is 4.95. The number of sulfonamides is 1. The predicted octanol–water partition coefficient (Wildman–Crippen LogP) is 1.73. The van der Waals surface area contributed by atoms with Gasteiger partial charge in [-0.3, -0.25) is 4.79 Å². The second-order valence-electron chi connectivity index (χ2n) is 5.22. The van der Waals surface area contributed by atoms with Crippen LogP contribution in [0.5, 0.6) is 0 Å². The van der Waals surface area contributed by atoms with Gasteiger partial charge in [0.1, 0.15) is 0 Å². The zero-order valence-electron chi connectivity index (χ0n) is 12.1. The zero-order chi connectivity index (χ0) is 16.4. The molecule has 0 spiro atoms. The van der Waals surface area contributed by atoms with Gasteiger partial charge in [-0.1, -0.05) is 13.8 Å². The van der Waals surface area contributed by atoms with Crippen LogP contribution in [0, 0.1) is 17.6 Å². The second kappa shape index (κ2) is 6.48. The lowest BCUT2D eigenvalue weighted by Gasteiger charge is -2.19. The molecule has 5 nitrogen and oxygen atoms in total. The van der Waals surface area contributed by atoms with Crippen LogP contribution in [0.3, 0.4) is 0 Å². The summed E-state index contributed by atoms with van der Waals surface area (Å²) in [6.45, 7) is 4.29. The SMILES string of the molecule is CC(C)CCN(C)C(=O)c1cc(F)c(F)cc1S(N)(=O)=O. The zero-order valence-corrected chi connectivity index (χ0v) is 12.9. The highest BCUT2D eigenvalue weighted by molar-refractivity contribution is 7.89. The third-order valence-electron chi connectivity index (χ3n) is 2.95. The fraction of sp³-hybridized carbons (Fsp3) is 0.462. The number of hydrogen-bond donors (Lipinski definition) is 1. The van der Waals surface area contributed by atoms with Crippen molar-refractivity contribution in [1.29, 1.82) is 0 Å². The number of primary sulfonamides is 1. The molecule has 0 saturated heterocycles. The van der Waals surface area contributed by atoms with Gasteiger partial charge in [0.2, 0.25) is 10.0 Å². The third kappa shape index (κ3) is 4.47. The van der Waals surface area contributed by atoms with Gasteiger partial charge < -0.3 is 4.90 Å². The monoisotopic (exact) mass is 320 g/mol. The van der Waals surface area contributed by atoms with E-state index in [2.05, 4.69) is 0 Å². The first-order chi connectivity index (χ1) is 9.54. The van der Waals surface area contributed by atoms with Gasteiger partial charge >= 0.3 is 0 Å². The smallest absolute Gasteiger partial charge is 0.255 e. The molecule has 0 aliphatic rings. The molecule has 2 N–H and O–H groups in total. The van der Waals surface area contributed by atoms with Crippen molar-refractivity contribution in [3.63, 3.8) is 0 Å². The van der Waals surface area contributed by atoms with E-state index in [0.717, 1.165) is 0 Å². The van der Waals surface area contributed by atoms with Crippen LogP contribution in [-0.2, 0) is 10.0 Å². The Morgan fingerprint density at radius 3 is 2.29 bits per heavy atom. The number of hydrogen-bond acceptors (Lipinski definition) is 3. The number of benzene rings is 1. The summed E-state index contributed by atoms with van der Waals surface area (Å²) in [5.41, 5.74) is -0.470. The van der Waals surface area contributed by atoms with Crippen LogP contribution in [0.2, 0.25) is 0 Å². The molecule has 0 saturated carbocycles. The van der Waals surface area contributed by atoms with E-state index in [1.54, 1.807) is 0 Å². The van der Waals surface area contributed by atoms with Crippen molar-refractivity contribution in [2.75, 3.05) is 13.6 Å². The van der Waals surface area contributed by atoms with Crippen molar-refractivity contribution in [2.45, 2.75) is 25.2 Å². The summed E-state index contributed by atoms with van der Waals surface area (Å²) >= 11 is 0. The number of carbonyl (C=O) groups is 1. The Balaban J connectivity index is 3.23. The minimum atomic E-state index is -4.34. The molecule has 0 bridgehead atoms. The molecule has 1 amide bonds. The molecule has 118 valence electrons. The Hall–Kier alpha value is -1.54. The first-order valence-corrected chi connectivity index (χ1v) is 7.86. The van der Waals surface area contributed by atoms with Gasteiger partial charge in [-0.25, -0.2) is 22.3 Å². The molecule has 0 radical (unpaired) electrons. The molecular weight excluding hydrogens is 302 g/mol. The van der Waals surface area contributed by atoms with Crippen molar-refractivity contribution in [3.8, 4) is 0 Å². The largest absolute Gasteiger partial charge is 0.342 e. The molecule has 0 unspecified atom stereocenters. The van der Waals surface area contributed by atoms with Crippen LogP contribution in [-0.4, -0.2) is 32.8 Å². The summed E-state index contributed by atoms with van der Waals surface area (Å²) in [5.74, 6) is -3.06. The molecule has 1 aromatic rings. The lowest BCUT2D eigenvalue weighted by molar-refractivity contribution is 0.0784. The predicted molar refractivity (Wildman–Crippen MR) is 74.1 cm³/mol. The lowest BCUT2D eigenvalue weighted by atomic mass is 10.1. The van der Waals surface area contributed by atoms with E-state index < -0.39 is 38.0 Å². The number of halogens is 2. The van der Waals surface area contributed by atoms with Crippen molar-refractivity contribution < 1.29 is 22.0 Å². The molecular formula is C13H18F2N2O3S. The first-order valence-electron chi connectivity index (χ1n) is 6.31. The Morgan fingerprint density at radius 2 is 1.81 bits per heavy atom. The van der Waals surface area contributed by atoms with Gasteiger partial charge in [-0.05, 0) is 24.5 Å². The Kier molecular flexibility index (Phi) is 5.41. The molecule has 0 heterocycles. The van der Waals surface area contributed by atoms with Gasteiger partial charge in [0.15, 0.2) is 11.6 Å². The highest BCUT2D eigenvalue weighted by Gasteiger charge is 2.24. The van der Waals surface area contributed by atoms with E-state index in [-0.39, 0.29) is 0 Å². The summed E-state index contributed by atoms with van der Waals surface area (Å²) < 4.78 is 49.3. The number of rotatable bonds is 5. The van der Waals surface area contributed by atoms with Crippen molar-refractivity contribution in [3.05, 3.63) is 29.3 Å². The minimum absolute atomic E-state index is 0.336. The molecule has 0 aliphatic carbocycles. The van der Waals surface area contributed by atoms with Crippen LogP contribution in [0.15, 0.2) is 17.0 Å². The van der Waals surface area contributed by atoms with Crippen LogP contribution < -0.4 is 5.14 Å². The maximum atomic E-state index is 13.3. The van der Waals surface area contributed by atoms with Crippen molar-refractivity contribution in [2.24, 2.45) is 11.1 Å². The molecule has 21 heavy (non-hydrogen) atoms. The number of amides is 1. The molecule has 0 fully saturated rings. The minimum Gasteiger partial charge on any atom is -0.342 e.